The van der Waals surface area contributed by atoms with Crippen LogP contribution in [0.1, 0.15) is 10.5 Å². The Bertz CT molecular complexity index is 1220. The SMILES string of the molecule is COc1ccccc1-c1csc(NC(=O)COC(=O)c2cnc3ccccc3n2)n1. The predicted molar refractivity (Wildman–Crippen MR) is 113 cm³/mol. The Morgan fingerprint density at radius 2 is 1.80 bits per heavy atom. The van der Waals surface area contributed by atoms with E-state index in [9.17, 15) is 9.59 Å². The van der Waals surface area contributed by atoms with Gasteiger partial charge in [0.15, 0.2) is 17.4 Å². The zero-order valence-electron chi connectivity index (χ0n) is 15.9. The molecule has 0 aliphatic rings. The number of hydrogen-bond donors (Lipinski definition) is 1. The van der Waals surface area contributed by atoms with Crippen molar-refractivity contribution in [3.8, 4) is 17.0 Å². The number of hydrogen-bond acceptors (Lipinski definition) is 8. The number of aromatic nitrogens is 3. The largest absolute Gasteiger partial charge is 0.496 e. The second-order valence-corrected chi connectivity index (χ2v) is 6.96. The first-order chi connectivity index (χ1) is 14.6. The summed E-state index contributed by atoms with van der Waals surface area (Å²) in [4.78, 5) is 37.1. The van der Waals surface area contributed by atoms with Crippen molar-refractivity contribution in [1.29, 1.82) is 0 Å². The van der Waals surface area contributed by atoms with E-state index >= 15 is 0 Å². The third kappa shape index (κ3) is 4.26. The number of methoxy groups -OCH3 is 1. The molecule has 0 bridgehead atoms. The number of benzene rings is 2. The highest BCUT2D eigenvalue weighted by Gasteiger charge is 2.15. The molecule has 0 aliphatic carbocycles. The molecule has 150 valence electrons. The molecular formula is C21H16N4O4S. The van der Waals surface area contributed by atoms with Gasteiger partial charge >= 0.3 is 5.97 Å². The minimum Gasteiger partial charge on any atom is -0.496 e. The van der Waals surface area contributed by atoms with E-state index in [-0.39, 0.29) is 5.69 Å². The van der Waals surface area contributed by atoms with Gasteiger partial charge in [0, 0.05) is 10.9 Å². The summed E-state index contributed by atoms with van der Waals surface area (Å²) in [5.41, 5.74) is 2.77. The average Bonchev–Trinajstić information content (AvgIpc) is 3.25. The topological polar surface area (TPSA) is 103 Å². The van der Waals surface area contributed by atoms with Crippen LogP contribution in [0.2, 0.25) is 0 Å². The van der Waals surface area contributed by atoms with Crippen LogP contribution in [-0.4, -0.2) is 40.5 Å². The number of fused-ring (bicyclic) bond motifs is 1. The van der Waals surface area contributed by atoms with Gasteiger partial charge in [-0.3, -0.25) is 15.1 Å². The Hall–Kier alpha value is -3.85. The maximum absolute atomic E-state index is 12.2. The van der Waals surface area contributed by atoms with Crippen LogP contribution in [0.15, 0.2) is 60.1 Å². The normalized spacial score (nSPS) is 10.6. The van der Waals surface area contributed by atoms with E-state index in [0.717, 1.165) is 5.56 Å². The fourth-order valence-electron chi connectivity index (χ4n) is 2.73. The monoisotopic (exact) mass is 420 g/mol. The summed E-state index contributed by atoms with van der Waals surface area (Å²) in [5.74, 6) is -0.540. The number of rotatable bonds is 6. The molecule has 8 nitrogen and oxygen atoms in total. The van der Waals surface area contributed by atoms with E-state index < -0.39 is 18.5 Å². The van der Waals surface area contributed by atoms with Crippen LogP contribution in [0, 0.1) is 0 Å². The van der Waals surface area contributed by atoms with Gasteiger partial charge in [-0.2, -0.15) is 0 Å². The number of para-hydroxylation sites is 3. The van der Waals surface area contributed by atoms with Gasteiger partial charge in [-0.15, -0.1) is 11.3 Å². The second kappa shape index (κ2) is 8.66. The van der Waals surface area contributed by atoms with Crippen molar-refractivity contribution in [3.63, 3.8) is 0 Å². The van der Waals surface area contributed by atoms with Gasteiger partial charge in [-0.25, -0.2) is 14.8 Å². The summed E-state index contributed by atoms with van der Waals surface area (Å²) in [6.07, 6.45) is 1.32. The second-order valence-electron chi connectivity index (χ2n) is 6.11. The van der Waals surface area contributed by atoms with Crippen LogP contribution >= 0.6 is 11.3 Å². The van der Waals surface area contributed by atoms with Gasteiger partial charge in [-0.05, 0) is 24.3 Å². The number of nitrogens with one attached hydrogen (secondary N) is 1. The minimum absolute atomic E-state index is 0.0363. The van der Waals surface area contributed by atoms with Crippen LogP contribution in [-0.2, 0) is 9.53 Å². The van der Waals surface area contributed by atoms with Crippen molar-refractivity contribution in [3.05, 3.63) is 65.8 Å². The van der Waals surface area contributed by atoms with Gasteiger partial charge < -0.3 is 9.47 Å². The molecule has 2 heterocycles. The molecule has 4 aromatic rings. The fraction of sp³-hybridized carbons (Fsp3) is 0.0952. The number of ether oxygens (including phenoxy) is 2. The standard InChI is InChI=1S/C21H16N4O4S/c1-28-18-9-5-2-6-13(18)17-12-30-21(24-17)25-19(26)11-29-20(27)16-10-22-14-7-3-4-8-15(14)23-16/h2-10,12H,11H2,1H3,(H,24,25,26). The van der Waals surface area contributed by atoms with Gasteiger partial charge in [0.1, 0.15) is 5.75 Å². The smallest absolute Gasteiger partial charge is 0.359 e. The molecule has 0 unspecified atom stereocenters. The van der Waals surface area contributed by atoms with Crippen LogP contribution in [0.5, 0.6) is 5.75 Å². The third-order valence-electron chi connectivity index (χ3n) is 4.13. The van der Waals surface area contributed by atoms with E-state index in [1.54, 1.807) is 25.3 Å². The summed E-state index contributed by atoms with van der Waals surface area (Å²) in [6.45, 7) is -0.461. The molecule has 0 fully saturated rings. The van der Waals surface area contributed by atoms with Crippen molar-refractivity contribution in [2.24, 2.45) is 0 Å². The summed E-state index contributed by atoms with van der Waals surface area (Å²) in [6, 6.07) is 14.6. The molecule has 9 heteroatoms. The lowest BCUT2D eigenvalue weighted by Crippen LogP contribution is -2.21. The Kier molecular flexibility index (Phi) is 5.62. The number of esters is 1. The molecule has 1 amide bonds. The fourth-order valence-corrected chi connectivity index (χ4v) is 3.45. The van der Waals surface area contributed by atoms with E-state index in [1.165, 1.54) is 17.5 Å². The first-order valence-corrected chi connectivity index (χ1v) is 9.79. The zero-order chi connectivity index (χ0) is 20.9. The zero-order valence-corrected chi connectivity index (χ0v) is 16.7. The van der Waals surface area contributed by atoms with Crippen molar-refractivity contribution in [2.75, 3.05) is 19.0 Å². The lowest BCUT2D eigenvalue weighted by Gasteiger charge is -2.06. The van der Waals surface area contributed by atoms with Crippen LogP contribution < -0.4 is 10.1 Å². The van der Waals surface area contributed by atoms with Gasteiger partial charge in [0.2, 0.25) is 0 Å². The molecule has 30 heavy (non-hydrogen) atoms. The highest BCUT2D eigenvalue weighted by Crippen LogP contribution is 2.31. The highest BCUT2D eigenvalue weighted by molar-refractivity contribution is 7.14. The van der Waals surface area contributed by atoms with Crippen LogP contribution in [0.3, 0.4) is 0 Å². The molecule has 0 saturated carbocycles. The van der Waals surface area contributed by atoms with E-state index in [1.807, 2.05) is 35.7 Å². The van der Waals surface area contributed by atoms with Gasteiger partial charge in [0.05, 0.1) is 30.0 Å². The lowest BCUT2D eigenvalue weighted by atomic mass is 10.1. The molecule has 0 aliphatic heterocycles. The molecule has 0 atom stereocenters. The van der Waals surface area contributed by atoms with Crippen molar-refractivity contribution in [2.45, 2.75) is 0 Å². The average molecular weight is 420 g/mol. The quantitative estimate of drug-likeness (QED) is 0.476. The highest BCUT2D eigenvalue weighted by atomic mass is 32.1. The maximum atomic E-state index is 12.2. The first-order valence-electron chi connectivity index (χ1n) is 8.92. The Morgan fingerprint density at radius 3 is 2.63 bits per heavy atom. The summed E-state index contributed by atoms with van der Waals surface area (Å²) < 4.78 is 10.4. The number of anilines is 1. The molecule has 0 spiro atoms. The molecule has 1 N–H and O–H groups in total. The number of carbonyl (C=O) groups excluding carboxylic acids is 2. The number of amides is 1. The number of thiazole rings is 1. The van der Waals surface area contributed by atoms with E-state index in [0.29, 0.717) is 27.6 Å². The van der Waals surface area contributed by atoms with Crippen molar-refractivity contribution >= 4 is 39.4 Å². The third-order valence-corrected chi connectivity index (χ3v) is 4.88. The maximum Gasteiger partial charge on any atom is 0.359 e. The van der Waals surface area contributed by atoms with Crippen LogP contribution in [0.4, 0.5) is 5.13 Å². The molecule has 2 aromatic heterocycles. The lowest BCUT2D eigenvalue weighted by molar-refractivity contribution is -0.119. The molecule has 4 rings (SSSR count). The number of carbonyl (C=O) groups is 2. The Morgan fingerprint density at radius 1 is 1.03 bits per heavy atom. The van der Waals surface area contributed by atoms with Crippen molar-refractivity contribution < 1.29 is 19.1 Å². The summed E-state index contributed by atoms with van der Waals surface area (Å²) in [5, 5.41) is 4.82. The molecule has 2 aromatic carbocycles. The Balaban J connectivity index is 1.37. The molecule has 0 saturated heterocycles. The minimum atomic E-state index is -0.725. The molecular weight excluding hydrogens is 404 g/mol. The number of nitrogens with zero attached hydrogens (tertiary/aromatic N) is 3. The molecule has 0 radical (unpaired) electrons. The van der Waals surface area contributed by atoms with Gasteiger partial charge in [-0.1, -0.05) is 24.3 Å². The summed E-state index contributed by atoms with van der Waals surface area (Å²) in [7, 11) is 1.59. The summed E-state index contributed by atoms with van der Waals surface area (Å²) >= 11 is 1.26. The van der Waals surface area contributed by atoms with Crippen LogP contribution in [0.25, 0.3) is 22.3 Å². The predicted octanol–water partition coefficient (Wildman–Crippen LogP) is 3.56. The van der Waals surface area contributed by atoms with E-state index in [2.05, 4.69) is 20.3 Å². The Labute approximate surface area is 175 Å². The van der Waals surface area contributed by atoms with Crippen molar-refractivity contribution in [1.82, 2.24) is 15.0 Å². The van der Waals surface area contributed by atoms with E-state index in [4.69, 9.17) is 9.47 Å². The van der Waals surface area contributed by atoms with Gasteiger partial charge in [0.25, 0.3) is 5.91 Å². The first kappa shape index (κ1) is 19.5.